The van der Waals surface area contributed by atoms with Gasteiger partial charge in [0.25, 0.3) is 0 Å². The normalized spacial score (nSPS) is 14.3. The van der Waals surface area contributed by atoms with Gasteiger partial charge in [0.2, 0.25) is 0 Å². The molecule has 0 aliphatic carbocycles. The summed E-state index contributed by atoms with van der Waals surface area (Å²) in [6.45, 7) is 4.04. The van der Waals surface area contributed by atoms with Crippen LogP contribution in [0.5, 0.6) is 0 Å². The number of hydrogen-bond acceptors (Lipinski definition) is 1. The molecule has 0 aliphatic heterocycles. The molecule has 1 aromatic carbocycles. The average Bonchev–Trinajstić information content (AvgIpc) is 2.38. The Hall–Kier alpha value is -0.890. The molecule has 2 heteroatoms. The topological polar surface area (TPSA) is 20.2 Å². The molecule has 108 valence electrons. The fourth-order valence-electron chi connectivity index (χ4n) is 2.38. The maximum absolute atomic E-state index is 12.8. The van der Waals surface area contributed by atoms with Crippen LogP contribution in [0.2, 0.25) is 0 Å². The van der Waals surface area contributed by atoms with Crippen molar-refractivity contribution in [1.82, 2.24) is 0 Å². The predicted molar refractivity (Wildman–Crippen MR) is 78.6 cm³/mol. The Morgan fingerprint density at radius 2 is 1.47 bits per heavy atom. The first kappa shape index (κ1) is 16.2. The van der Waals surface area contributed by atoms with Gasteiger partial charge >= 0.3 is 0 Å². The van der Waals surface area contributed by atoms with Crippen molar-refractivity contribution in [2.45, 2.75) is 70.8 Å². The molecule has 0 amide bonds. The predicted octanol–water partition coefficient (Wildman–Crippen LogP) is 5.17. The maximum atomic E-state index is 12.8. The molecule has 1 aromatic rings. The minimum Gasteiger partial charge on any atom is -0.385 e. The summed E-state index contributed by atoms with van der Waals surface area (Å²) in [5.74, 6) is -0.254. The number of halogens is 1. The van der Waals surface area contributed by atoms with Gasteiger partial charge < -0.3 is 5.11 Å². The van der Waals surface area contributed by atoms with E-state index in [1.165, 1.54) is 50.7 Å². The number of rotatable bonds is 9. The summed E-state index contributed by atoms with van der Waals surface area (Å²) in [6.07, 6.45) is 9.41. The summed E-state index contributed by atoms with van der Waals surface area (Å²) in [7, 11) is 0. The fourth-order valence-corrected chi connectivity index (χ4v) is 2.38. The highest BCUT2D eigenvalue weighted by molar-refractivity contribution is 5.22. The lowest BCUT2D eigenvalue weighted by Gasteiger charge is -2.23. The molecule has 1 atom stereocenters. The van der Waals surface area contributed by atoms with E-state index >= 15 is 0 Å². The van der Waals surface area contributed by atoms with Crippen molar-refractivity contribution in [2.24, 2.45) is 0 Å². The zero-order valence-electron chi connectivity index (χ0n) is 12.3. The highest BCUT2D eigenvalue weighted by Gasteiger charge is 2.22. The van der Waals surface area contributed by atoms with Gasteiger partial charge in [-0.2, -0.15) is 0 Å². The van der Waals surface area contributed by atoms with E-state index < -0.39 is 5.60 Å². The van der Waals surface area contributed by atoms with E-state index in [0.29, 0.717) is 0 Å². The quantitative estimate of drug-likeness (QED) is 0.611. The molecule has 0 bridgehead atoms. The van der Waals surface area contributed by atoms with Crippen LogP contribution in [0.4, 0.5) is 4.39 Å². The third-order valence-electron chi connectivity index (χ3n) is 3.73. The zero-order valence-corrected chi connectivity index (χ0v) is 12.3. The van der Waals surface area contributed by atoms with Gasteiger partial charge in [0.15, 0.2) is 0 Å². The van der Waals surface area contributed by atoms with Crippen LogP contribution in [0.1, 0.15) is 70.8 Å². The molecule has 0 fully saturated rings. The molecule has 0 saturated heterocycles. The Morgan fingerprint density at radius 1 is 0.947 bits per heavy atom. The molecule has 1 N–H and O–H groups in total. The molecule has 0 aliphatic rings. The molecule has 1 rings (SSSR count). The van der Waals surface area contributed by atoms with Crippen molar-refractivity contribution >= 4 is 0 Å². The van der Waals surface area contributed by atoms with Crippen LogP contribution >= 0.6 is 0 Å². The summed E-state index contributed by atoms with van der Waals surface area (Å²) < 4.78 is 12.8. The Kier molecular flexibility index (Phi) is 7.07. The van der Waals surface area contributed by atoms with E-state index in [-0.39, 0.29) is 5.82 Å². The van der Waals surface area contributed by atoms with Crippen LogP contribution in [-0.2, 0) is 5.60 Å². The monoisotopic (exact) mass is 266 g/mol. The van der Waals surface area contributed by atoms with Crippen LogP contribution in [0.3, 0.4) is 0 Å². The first-order valence-electron chi connectivity index (χ1n) is 7.54. The third kappa shape index (κ3) is 6.20. The summed E-state index contributed by atoms with van der Waals surface area (Å²) in [4.78, 5) is 0. The average molecular weight is 266 g/mol. The summed E-state index contributed by atoms with van der Waals surface area (Å²) in [5.41, 5.74) is -0.0307. The SMILES string of the molecule is CCCCCCCCCC(C)(O)c1ccc(F)cc1. The highest BCUT2D eigenvalue weighted by atomic mass is 19.1. The zero-order chi connectivity index (χ0) is 14.1. The van der Waals surface area contributed by atoms with Crippen molar-refractivity contribution in [3.05, 3.63) is 35.6 Å². The molecule has 0 radical (unpaired) electrons. The first-order chi connectivity index (χ1) is 9.06. The standard InChI is InChI=1S/C17H27FO/c1-3-4-5-6-7-8-9-14-17(2,19)15-10-12-16(18)13-11-15/h10-13,19H,3-9,14H2,1-2H3. The number of unbranched alkanes of at least 4 members (excludes halogenated alkanes) is 6. The Labute approximate surface area is 116 Å². The van der Waals surface area contributed by atoms with Gasteiger partial charge in [0.1, 0.15) is 5.82 Å². The number of hydrogen-bond donors (Lipinski definition) is 1. The van der Waals surface area contributed by atoms with Gasteiger partial charge in [-0.3, -0.25) is 0 Å². The molecular formula is C17H27FO. The molecular weight excluding hydrogens is 239 g/mol. The molecule has 0 saturated carbocycles. The van der Waals surface area contributed by atoms with Crippen LogP contribution in [0.25, 0.3) is 0 Å². The van der Waals surface area contributed by atoms with Gasteiger partial charge in [-0.25, -0.2) is 4.39 Å². The molecule has 1 nitrogen and oxygen atoms in total. The van der Waals surface area contributed by atoms with E-state index in [2.05, 4.69) is 6.92 Å². The van der Waals surface area contributed by atoms with Gasteiger partial charge in [0, 0.05) is 0 Å². The van der Waals surface area contributed by atoms with E-state index in [1.54, 1.807) is 12.1 Å². The smallest absolute Gasteiger partial charge is 0.123 e. The minimum atomic E-state index is -0.836. The van der Waals surface area contributed by atoms with Crippen molar-refractivity contribution in [3.63, 3.8) is 0 Å². The second kappa shape index (κ2) is 8.31. The van der Waals surface area contributed by atoms with Crippen LogP contribution in [0.15, 0.2) is 24.3 Å². The lowest BCUT2D eigenvalue weighted by atomic mass is 9.90. The van der Waals surface area contributed by atoms with E-state index in [9.17, 15) is 9.50 Å². The third-order valence-corrected chi connectivity index (χ3v) is 3.73. The Bertz CT molecular complexity index is 343. The Balaban J connectivity index is 2.25. The van der Waals surface area contributed by atoms with E-state index in [0.717, 1.165) is 18.4 Å². The highest BCUT2D eigenvalue weighted by Crippen LogP contribution is 2.27. The molecule has 1 unspecified atom stereocenters. The number of aliphatic hydroxyl groups is 1. The lowest BCUT2D eigenvalue weighted by Crippen LogP contribution is -2.20. The maximum Gasteiger partial charge on any atom is 0.123 e. The largest absolute Gasteiger partial charge is 0.385 e. The van der Waals surface area contributed by atoms with Crippen molar-refractivity contribution in [3.8, 4) is 0 Å². The van der Waals surface area contributed by atoms with Crippen LogP contribution < -0.4 is 0 Å². The van der Waals surface area contributed by atoms with E-state index in [1.807, 2.05) is 6.92 Å². The van der Waals surface area contributed by atoms with Crippen LogP contribution in [-0.4, -0.2) is 5.11 Å². The van der Waals surface area contributed by atoms with Crippen molar-refractivity contribution in [1.29, 1.82) is 0 Å². The van der Waals surface area contributed by atoms with Gasteiger partial charge in [-0.1, -0.05) is 64.0 Å². The minimum absolute atomic E-state index is 0.254. The Morgan fingerprint density at radius 3 is 2.05 bits per heavy atom. The van der Waals surface area contributed by atoms with Crippen molar-refractivity contribution < 1.29 is 9.50 Å². The fraction of sp³-hybridized carbons (Fsp3) is 0.647. The van der Waals surface area contributed by atoms with Gasteiger partial charge in [-0.15, -0.1) is 0 Å². The molecule has 0 heterocycles. The summed E-state index contributed by atoms with van der Waals surface area (Å²) in [5, 5.41) is 10.4. The molecule has 0 spiro atoms. The first-order valence-corrected chi connectivity index (χ1v) is 7.54. The van der Waals surface area contributed by atoms with Gasteiger partial charge in [0.05, 0.1) is 5.60 Å². The second-order valence-electron chi connectivity index (χ2n) is 5.65. The lowest BCUT2D eigenvalue weighted by molar-refractivity contribution is 0.0447. The van der Waals surface area contributed by atoms with E-state index in [4.69, 9.17) is 0 Å². The molecule has 0 aromatic heterocycles. The second-order valence-corrected chi connectivity index (χ2v) is 5.65. The van der Waals surface area contributed by atoms with Crippen LogP contribution in [0, 0.1) is 5.82 Å². The summed E-state index contributed by atoms with van der Waals surface area (Å²) >= 11 is 0. The van der Waals surface area contributed by atoms with Gasteiger partial charge in [-0.05, 0) is 31.0 Å². The number of benzene rings is 1. The molecule has 19 heavy (non-hydrogen) atoms. The van der Waals surface area contributed by atoms with Crippen molar-refractivity contribution in [2.75, 3.05) is 0 Å². The summed E-state index contributed by atoms with van der Waals surface area (Å²) in [6, 6.07) is 6.18.